The molecule has 0 atom stereocenters. The summed E-state index contributed by atoms with van der Waals surface area (Å²) in [5, 5.41) is 21.8. The second-order valence-electron chi connectivity index (χ2n) is 6.82. The van der Waals surface area contributed by atoms with Gasteiger partial charge in [-0.05, 0) is 30.3 Å². The normalized spacial score (nSPS) is 11.0. The molecular weight excluding hydrogens is 456 g/mol. The van der Waals surface area contributed by atoms with Gasteiger partial charge in [-0.1, -0.05) is 77.5 Å². The van der Waals surface area contributed by atoms with Gasteiger partial charge in [0.1, 0.15) is 18.4 Å². The lowest BCUT2D eigenvalue weighted by molar-refractivity contribution is 0.102. The predicted molar refractivity (Wildman–Crippen MR) is 130 cm³/mol. The van der Waals surface area contributed by atoms with E-state index < -0.39 is 0 Å². The van der Waals surface area contributed by atoms with Crippen molar-refractivity contribution in [2.75, 3.05) is 5.32 Å². The van der Waals surface area contributed by atoms with Crippen LogP contribution in [0.15, 0.2) is 78.9 Å². The molecule has 33 heavy (non-hydrogen) atoms. The van der Waals surface area contributed by atoms with E-state index in [1.807, 2.05) is 54.6 Å². The summed E-state index contributed by atoms with van der Waals surface area (Å²) in [6.45, 7) is 0.293. The molecule has 8 heteroatoms. The number of carbonyl (C=O) groups is 1. The highest BCUT2D eigenvalue weighted by atomic mass is 35.5. The SMILES string of the molecule is N#CC(=Cc1ccccc1OCc1ccccc1Cl)c1nnc(NC(=O)c2ccccc2)s1. The lowest BCUT2D eigenvalue weighted by atomic mass is 10.1. The molecule has 1 aromatic heterocycles. The number of carbonyl (C=O) groups excluding carboxylic acids is 1. The van der Waals surface area contributed by atoms with Crippen molar-refractivity contribution < 1.29 is 9.53 Å². The van der Waals surface area contributed by atoms with E-state index >= 15 is 0 Å². The van der Waals surface area contributed by atoms with Crippen LogP contribution in [0.3, 0.4) is 0 Å². The molecule has 0 fully saturated rings. The lowest BCUT2D eigenvalue weighted by Crippen LogP contribution is -2.11. The van der Waals surface area contributed by atoms with Crippen LogP contribution in [0, 0.1) is 11.3 Å². The van der Waals surface area contributed by atoms with Crippen LogP contribution in [0.2, 0.25) is 5.02 Å². The minimum absolute atomic E-state index is 0.292. The highest BCUT2D eigenvalue weighted by Crippen LogP contribution is 2.28. The number of nitrogens with one attached hydrogen (secondary N) is 1. The third kappa shape index (κ3) is 5.63. The summed E-state index contributed by atoms with van der Waals surface area (Å²) >= 11 is 7.34. The van der Waals surface area contributed by atoms with E-state index in [-0.39, 0.29) is 5.91 Å². The van der Waals surface area contributed by atoms with Crippen molar-refractivity contribution >= 4 is 45.6 Å². The van der Waals surface area contributed by atoms with Crippen molar-refractivity contribution in [3.8, 4) is 11.8 Å². The Morgan fingerprint density at radius 2 is 1.76 bits per heavy atom. The van der Waals surface area contributed by atoms with Gasteiger partial charge in [0.25, 0.3) is 5.91 Å². The Kier molecular flexibility index (Phi) is 7.10. The highest BCUT2D eigenvalue weighted by molar-refractivity contribution is 7.16. The number of para-hydroxylation sites is 1. The quantitative estimate of drug-likeness (QED) is 0.329. The van der Waals surface area contributed by atoms with Crippen LogP contribution in [-0.2, 0) is 6.61 Å². The summed E-state index contributed by atoms with van der Waals surface area (Å²) < 4.78 is 5.96. The molecule has 0 saturated heterocycles. The number of hydrogen-bond acceptors (Lipinski definition) is 6. The highest BCUT2D eigenvalue weighted by Gasteiger charge is 2.14. The van der Waals surface area contributed by atoms with Crippen molar-refractivity contribution in [3.63, 3.8) is 0 Å². The minimum Gasteiger partial charge on any atom is -0.488 e. The van der Waals surface area contributed by atoms with E-state index in [0.717, 1.165) is 16.9 Å². The maximum atomic E-state index is 12.3. The van der Waals surface area contributed by atoms with Crippen molar-refractivity contribution in [1.29, 1.82) is 5.26 Å². The zero-order valence-corrected chi connectivity index (χ0v) is 18.8. The maximum Gasteiger partial charge on any atom is 0.257 e. The molecule has 0 spiro atoms. The zero-order valence-electron chi connectivity index (χ0n) is 17.2. The number of hydrogen-bond donors (Lipinski definition) is 1. The van der Waals surface area contributed by atoms with E-state index in [0.29, 0.717) is 44.2 Å². The van der Waals surface area contributed by atoms with Gasteiger partial charge in [0.05, 0.1) is 5.57 Å². The molecule has 3 aromatic carbocycles. The first-order chi connectivity index (χ1) is 16.1. The number of amides is 1. The molecule has 4 aromatic rings. The van der Waals surface area contributed by atoms with E-state index in [9.17, 15) is 10.1 Å². The van der Waals surface area contributed by atoms with Crippen LogP contribution in [0.1, 0.15) is 26.5 Å². The van der Waals surface area contributed by atoms with Crippen LogP contribution in [0.25, 0.3) is 11.6 Å². The Morgan fingerprint density at radius 3 is 2.55 bits per heavy atom. The molecule has 162 valence electrons. The van der Waals surface area contributed by atoms with Gasteiger partial charge >= 0.3 is 0 Å². The fourth-order valence-corrected chi connectivity index (χ4v) is 3.84. The Labute approximate surface area is 199 Å². The van der Waals surface area contributed by atoms with Crippen molar-refractivity contribution in [1.82, 2.24) is 10.2 Å². The van der Waals surface area contributed by atoms with Crippen LogP contribution in [0.5, 0.6) is 5.75 Å². The first-order valence-electron chi connectivity index (χ1n) is 9.91. The van der Waals surface area contributed by atoms with Gasteiger partial charge in [0.2, 0.25) is 5.13 Å². The van der Waals surface area contributed by atoms with E-state index in [4.69, 9.17) is 16.3 Å². The topological polar surface area (TPSA) is 87.9 Å². The molecule has 0 radical (unpaired) electrons. The summed E-state index contributed by atoms with van der Waals surface area (Å²) in [5.74, 6) is 0.311. The third-order valence-electron chi connectivity index (χ3n) is 4.59. The predicted octanol–water partition coefficient (Wildman–Crippen LogP) is 6.09. The van der Waals surface area contributed by atoms with Gasteiger partial charge < -0.3 is 4.74 Å². The second-order valence-corrected chi connectivity index (χ2v) is 8.20. The lowest BCUT2D eigenvalue weighted by Gasteiger charge is -2.10. The number of nitriles is 1. The third-order valence-corrected chi connectivity index (χ3v) is 5.83. The monoisotopic (exact) mass is 472 g/mol. The Bertz CT molecular complexity index is 1350. The Balaban J connectivity index is 1.52. The maximum absolute atomic E-state index is 12.3. The number of nitrogens with zero attached hydrogens (tertiary/aromatic N) is 3. The molecule has 0 aliphatic rings. The first kappa shape index (κ1) is 22.2. The number of benzene rings is 3. The molecule has 1 heterocycles. The summed E-state index contributed by atoms with van der Waals surface area (Å²) in [7, 11) is 0. The molecule has 1 amide bonds. The number of aromatic nitrogens is 2. The van der Waals surface area contributed by atoms with Crippen molar-refractivity contribution in [3.05, 3.63) is 106 Å². The van der Waals surface area contributed by atoms with Gasteiger partial charge in [-0.3, -0.25) is 10.1 Å². The van der Waals surface area contributed by atoms with E-state index in [1.54, 1.807) is 30.3 Å². The molecule has 1 N–H and O–H groups in total. The minimum atomic E-state index is -0.292. The average molecular weight is 473 g/mol. The van der Waals surface area contributed by atoms with Gasteiger partial charge in [-0.25, -0.2) is 0 Å². The molecule has 0 aliphatic carbocycles. The zero-order chi connectivity index (χ0) is 23.0. The molecule has 0 saturated carbocycles. The van der Waals surface area contributed by atoms with Crippen molar-refractivity contribution in [2.45, 2.75) is 6.61 Å². The fraction of sp³-hybridized carbons (Fsp3) is 0.0400. The largest absolute Gasteiger partial charge is 0.488 e. The van der Waals surface area contributed by atoms with E-state index in [1.165, 1.54) is 0 Å². The molecule has 0 aliphatic heterocycles. The van der Waals surface area contributed by atoms with Gasteiger partial charge in [-0.15, -0.1) is 10.2 Å². The molecule has 6 nitrogen and oxygen atoms in total. The summed E-state index contributed by atoms with van der Waals surface area (Å²) in [4.78, 5) is 12.3. The number of rotatable bonds is 7. The molecule has 0 bridgehead atoms. The number of anilines is 1. The molecular formula is C25H17ClN4O2S. The number of ether oxygens (including phenoxy) is 1. The van der Waals surface area contributed by atoms with Crippen molar-refractivity contribution in [2.24, 2.45) is 0 Å². The number of allylic oxidation sites excluding steroid dienone is 1. The number of halogens is 1. The van der Waals surface area contributed by atoms with Gasteiger partial charge in [0, 0.05) is 21.7 Å². The van der Waals surface area contributed by atoms with Crippen LogP contribution in [0.4, 0.5) is 5.13 Å². The fourth-order valence-electron chi connectivity index (χ4n) is 2.94. The standard InChI is InChI=1S/C25H17ClN4O2S/c26-21-12-6-4-11-19(21)16-32-22-13-7-5-10-18(22)14-20(15-27)24-29-30-25(33-24)28-23(31)17-8-2-1-3-9-17/h1-14H,16H2,(H,28,30,31). The molecule has 0 unspecified atom stereocenters. The second kappa shape index (κ2) is 10.6. The van der Waals surface area contributed by atoms with Crippen LogP contribution in [-0.4, -0.2) is 16.1 Å². The Morgan fingerprint density at radius 1 is 1.03 bits per heavy atom. The Hall–Kier alpha value is -3.99. The molecule has 4 rings (SSSR count). The summed E-state index contributed by atoms with van der Waals surface area (Å²) in [6.07, 6.45) is 1.69. The van der Waals surface area contributed by atoms with Gasteiger partial charge in [0.15, 0.2) is 5.01 Å². The average Bonchev–Trinajstić information content (AvgIpc) is 3.31. The van der Waals surface area contributed by atoms with Gasteiger partial charge in [-0.2, -0.15) is 5.26 Å². The summed E-state index contributed by atoms with van der Waals surface area (Å²) in [5.41, 5.74) is 2.39. The smallest absolute Gasteiger partial charge is 0.257 e. The first-order valence-corrected chi connectivity index (χ1v) is 11.1. The van der Waals surface area contributed by atoms with Crippen LogP contribution >= 0.6 is 22.9 Å². The summed E-state index contributed by atoms with van der Waals surface area (Å²) in [6, 6.07) is 25.8. The van der Waals surface area contributed by atoms with Crippen LogP contribution < -0.4 is 10.1 Å². The van der Waals surface area contributed by atoms with E-state index in [2.05, 4.69) is 21.6 Å².